The lowest BCUT2D eigenvalue weighted by atomic mass is 10.4. The van der Waals surface area contributed by atoms with Gasteiger partial charge in [0.25, 0.3) is 0 Å². The number of aryl methyl sites for hydroxylation is 2. The SMILES string of the molecule is Cc1cc(C)n(CCNC=O)n1. The minimum absolute atomic E-state index is 0.630. The molecule has 66 valence electrons. The van der Waals surface area contributed by atoms with Gasteiger partial charge in [0.1, 0.15) is 0 Å². The fourth-order valence-corrected chi connectivity index (χ4v) is 1.13. The van der Waals surface area contributed by atoms with Gasteiger partial charge >= 0.3 is 0 Å². The smallest absolute Gasteiger partial charge is 0.207 e. The summed E-state index contributed by atoms with van der Waals surface area (Å²) in [6, 6.07) is 2.01. The summed E-state index contributed by atoms with van der Waals surface area (Å²) in [7, 11) is 0. The van der Waals surface area contributed by atoms with Crippen LogP contribution in [0.5, 0.6) is 0 Å². The van der Waals surface area contributed by atoms with Crippen LogP contribution in [-0.4, -0.2) is 22.7 Å². The first-order valence-electron chi connectivity index (χ1n) is 3.92. The van der Waals surface area contributed by atoms with Crippen molar-refractivity contribution in [1.29, 1.82) is 0 Å². The Morgan fingerprint density at radius 3 is 2.92 bits per heavy atom. The van der Waals surface area contributed by atoms with E-state index >= 15 is 0 Å². The second kappa shape index (κ2) is 3.90. The van der Waals surface area contributed by atoms with Crippen LogP contribution in [-0.2, 0) is 11.3 Å². The highest BCUT2D eigenvalue weighted by Gasteiger charge is 1.98. The molecule has 1 amide bonds. The van der Waals surface area contributed by atoms with Crippen LogP contribution in [0.25, 0.3) is 0 Å². The summed E-state index contributed by atoms with van der Waals surface area (Å²) in [5, 5.41) is 6.83. The van der Waals surface area contributed by atoms with Crippen molar-refractivity contribution in [3.8, 4) is 0 Å². The van der Waals surface area contributed by atoms with Crippen molar-refractivity contribution in [3.63, 3.8) is 0 Å². The summed E-state index contributed by atoms with van der Waals surface area (Å²) < 4.78 is 1.88. The van der Waals surface area contributed by atoms with Gasteiger partial charge in [0.15, 0.2) is 0 Å². The van der Waals surface area contributed by atoms with Crippen LogP contribution >= 0.6 is 0 Å². The van der Waals surface area contributed by atoms with Crippen molar-refractivity contribution >= 4 is 6.41 Å². The molecule has 1 aromatic rings. The third-order valence-corrected chi connectivity index (χ3v) is 1.65. The van der Waals surface area contributed by atoms with E-state index in [2.05, 4.69) is 10.4 Å². The molecule has 0 aromatic carbocycles. The maximum Gasteiger partial charge on any atom is 0.207 e. The van der Waals surface area contributed by atoms with Gasteiger partial charge in [0.2, 0.25) is 6.41 Å². The molecule has 0 bridgehead atoms. The predicted octanol–water partition coefficient (Wildman–Crippen LogP) is 0.246. The molecule has 1 N–H and O–H groups in total. The quantitative estimate of drug-likeness (QED) is 0.516. The van der Waals surface area contributed by atoms with E-state index in [4.69, 9.17) is 0 Å². The summed E-state index contributed by atoms with van der Waals surface area (Å²) in [6.07, 6.45) is 0.700. The molecule has 0 atom stereocenters. The summed E-state index contributed by atoms with van der Waals surface area (Å²) in [5.41, 5.74) is 2.14. The third-order valence-electron chi connectivity index (χ3n) is 1.65. The highest BCUT2D eigenvalue weighted by molar-refractivity contribution is 5.45. The topological polar surface area (TPSA) is 46.9 Å². The van der Waals surface area contributed by atoms with Crippen molar-refractivity contribution in [2.45, 2.75) is 20.4 Å². The molecule has 0 aliphatic carbocycles. The monoisotopic (exact) mass is 167 g/mol. The van der Waals surface area contributed by atoms with Gasteiger partial charge < -0.3 is 5.32 Å². The highest BCUT2D eigenvalue weighted by Crippen LogP contribution is 2.00. The maximum atomic E-state index is 9.94. The van der Waals surface area contributed by atoms with Crippen LogP contribution in [0.3, 0.4) is 0 Å². The van der Waals surface area contributed by atoms with Gasteiger partial charge in [-0.2, -0.15) is 5.10 Å². The Balaban J connectivity index is 2.50. The van der Waals surface area contributed by atoms with E-state index in [0.717, 1.165) is 17.9 Å². The van der Waals surface area contributed by atoms with Crippen LogP contribution < -0.4 is 5.32 Å². The lowest BCUT2D eigenvalue weighted by Crippen LogP contribution is -2.19. The molecule has 4 nitrogen and oxygen atoms in total. The average molecular weight is 167 g/mol. The number of aromatic nitrogens is 2. The maximum absolute atomic E-state index is 9.94. The largest absolute Gasteiger partial charge is 0.357 e. The summed E-state index contributed by atoms with van der Waals surface area (Å²) in [4.78, 5) is 9.94. The number of hydrogen-bond donors (Lipinski definition) is 1. The fraction of sp³-hybridized carbons (Fsp3) is 0.500. The second-order valence-electron chi connectivity index (χ2n) is 2.72. The molecule has 0 saturated carbocycles. The van der Waals surface area contributed by atoms with E-state index in [9.17, 15) is 4.79 Å². The number of carbonyl (C=O) groups is 1. The molecule has 4 heteroatoms. The Morgan fingerprint density at radius 1 is 1.67 bits per heavy atom. The summed E-state index contributed by atoms with van der Waals surface area (Å²) in [5.74, 6) is 0. The molecule has 1 aromatic heterocycles. The molecule has 1 heterocycles. The Kier molecular flexibility index (Phi) is 2.85. The molecule has 0 aliphatic heterocycles. The first kappa shape index (κ1) is 8.77. The van der Waals surface area contributed by atoms with Crippen molar-refractivity contribution in [3.05, 3.63) is 17.5 Å². The average Bonchev–Trinajstić information content (AvgIpc) is 2.31. The van der Waals surface area contributed by atoms with Crippen LogP contribution in [0, 0.1) is 13.8 Å². The number of hydrogen-bond acceptors (Lipinski definition) is 2. The molecule has 0 saturated heterocycles. The van der Waals surface area contributed by atoms with Gasteiger partial charge in [0.05, 0.1) is 12.2 Å². The van der Waals surface area contributed by atoms with Gasteiger partial charge in [-0.15, -0.1) is 0 Å². The van der Waals surface area contributed by atoms with Crippen molar-refractivity contribution in [2.75, 3.05) is 6.54 Å². The van der Waals surface area contributed by atoms with Crippen molar-refractivity contribution in [1.82, 2.24) is 15.1 Å². The Morgan fingerprint density at radius 2 is 2.42 bits per heavy atom. The van der Waals surface area contributed by atoms with Gasteiger partial charge in [-0.3, -0.25) is 9.48 Å². The number of nitrogens with one attached hydrogen (secondary N) is 1. The standard InChI is InChI=1S/C8H13N3O/c1-7-5-8(2)11(10-7)4-3-9-6-12/h5-6H,3-4H2,1-2H3,(H,9,12). The second-order valence-corrected chi connectivity index (χ2v) is 2.72. The predicted molar refractivity (Wildman–Crippen MR) is 45.8 cm³/mol. The van der Waals surface area contributed by atoms with E-state index in [0.29, 0.717) is 13.0 Å². The number of nitrogens with zero attached hydrogens (tertiary/aromatic N) is 2. The minimum Gasteiger partial charge on any atom is -0.357 e. The normalized spacial score (nSPS) is 9.83. The molecule has 0 radical (unpaired) electrons. The molecular weight excluding hydrogens is 154 g/mol. The van der Waals surface area contributed by atoms with Crippen LogP contribution in [0.4, 0.5) is 0 Å². The number of carbonyl (C=O) groups excluding carboxylic acids is 1. The lowest BCUT2D eigenvalue weighted by Gasteiger charge is -2.02. The van der Waals surface area contributed by atoms with E-state index in [-0.39, 0.29) is 0 Å². The van der Waals surface area contributed by atoms with Crippen LogP contribution in [0.2, 0.25) is 0 Å². The van der Waals surface area contributed by atoms with Crippen LogP contribution in [0.15, 0.2) is 6.07 Å². The van der Waals surface area contributed by atoms with Crippen molar-refractivity contribution < 1.29 is 4.79 Å². The summed E-state index contributed by atoms with van der Waals surface area (Å²) >= 11 is 0. The Bertz CT molecular complexity index is 267. The zero-order chi connectivity index (χ0) is 8.97. The molecule has 1 rings (SSSR count). The summed E-state index contributed by atoms with van der Waals surface area (Å²) in [6.45, 7) is 5.32. The molecular formula is C8H13N3O. The Labute approximate surface area is 71.6 Å². The lowest BCUT2D eigenvalue weighted by molar-refractivity contribution is -0.109. The van der Waals surface area contributed by atoms with E-state index in [1.807, 2.05) is 24.6 Å². The minimum atomic E-state index is 0.630. The van der Waals surface area contributed by atoms with E-state index in [1.165, 1.54) is 0 Å². The molecule has 12 heavy (non-hydrogen) atoms. The fourth-order valence-electron chi connectivity index (χ4n) is 1.13. The number of rotatable bonds is 4. The van der Waals surface area contributed by atoms with Gasteiger partial charge in [-0.1, -0.05) is 0 Å². The molecule has 0 spiro atoms. The number of amides is 1. The van der Waals surface area contributed by atoms with E-state index in [1.54, 1.807) is 0 Å². The van der Waals surface area contributed by atoms with Crippen molar-refractivity contribution in [2.24, 2.45) is 0 Å². The first-order chi connectivity index (χ1) is 5.74. The van der Waals surface area contributed by atoms with Gasteiger partial charge in [0, 0.05) is 12.2 Å². The first-order valence-corrected chi connectivity index (χ1v) is 3.92. The molecule has 0 unspecified atom stereocenters. The van der Waals surface area contributed by atoms with E-state index < -0.39 is 0 Å². The van der Waals surface area contributed by atoms with Gasteiger partial charge in [-0.05, 0) is 19.9 Å². The zero-order valence-corrected chi connectivity index (χ0v) is 7.37. The molecule has 0 fully saturated rings. The Hall–Kier alpha value is -1.32. The van der Waals surface area contributed by atoms with Gasteiger partial charge in [-0.25, -0.2) is 0 Å². The zero-order valence-electron chi connectivity index (χ0n) is 7.37. The molecule has 0 aliphatic rings. The highest BCUT2D eigenvalue weighted by atomic mass is 16.1. The third kappa shape index (κ3) is 2.08. The van der Waals surface area contributed by atoms with Crippen LogP contribution in [0.1, 0.15) is 11.4 Å².